The van der Waals surface area contributed by atoms with Gasteiger partial charge in [0.05, 0.1) is 0 Å². The smallest absolute Gasteiger partial charge is 0.345 e. The number of unbranched alkanes of at least 4 members (excludes halogenated alkanes) is 25. The van der Waals surface area contributed by atoms with E-state index in [1.165, 1.54) is 135 Å². The van der Waals surface area contributed by atoms with Gasteiger partial charge in [-0.25, -0.2) is 4.79 Å². The van der Waals surface area contributed by atoms with Crippen molar-refractivity contribution >= 4 is 11.9 Å². The standard InChI is InChI=1S/C37H70O4/c1-3-5-7-9-11-13-15-17-18-19-20-21-22-23-25-27-29-31-33-35(37(39)40)41-36(38)34-32-30-28-26-24-16-14-12-10-8-6-4-2/h12,14,35H,3-11,13,15-34H2,1-2H3,(H,39,40)/b14-12-. The maximum Gasteiger partial charge on any atom is 0.345 e. The van der Waals surface area contributed by atoms with Crippen LogP contribution in [0.15, 0.2) is 12.2 Å². The minimum atomic E-state index is -1.01. The SMILES string of the molecule is CCCCC/C=C\CCCCCCCC(=O)OC(CCCCCCCCCCCCCCCCCCCC)C(=O)O. The first-order chi connectivity index (χ1) is 20.1. The molecule has 0 saturated heterocycles. The Bertz CT molecular complexity index is 585. The van der Waals surface area contributed by atoms with Crippen molar-refractivity contribution in [3.63, 3.8) is 0 Å². The van der Waals surface area contributed by atoms with Crippen molar-refractivity contribution < 1.29 is 19.4 Å². The maximum absolute atomic E-state index is 12.1. The van der Waals surface area contributed by atoms with Gasteiger partial charge in [0.15, 0.2) is 6.10 Å². The molecule has 0 aromatic carbocycles. The zero-order valence-corrected chi connectivity index (χ0v) is 27.6. The number of esters is 1. The minimum Gasteiger partial charge on any atom is -0.479 e. The third kappa shape index (κ3) is 31.4. The van der Waals surface area contributed by atoms with E-state index in [0.29, 0.717) is 12.8 Å². The summed E-state index contributed by atoms with van der Waals surface area (Å²) >= 11 is 0. The van der Waals surface area contributed by atoms with Crippen molar-refractivity contribution in [1.82, 2.24) is 0 Å². The van der Waals surface area contributed by atoms with Gasteiger partial charge in [-0.1, -0.05) is 167 Å². The van der Waals surface area contributed by atoms with Crippen molar-refractivity contribution in [2.45, 2.75) is 213 Å². The van der Waals surface area contributed by atoms with E-state index in [9.17, 15) is 14.7 Å². The number of aliphatic carboxylic acids is 1. The van der Waals surface area contributed by atoms with E-state index < -0.39 is 12.1 Å². The van der Waals surface area contributed by atoms with Crippen LogP contribution in [-0.2, 0) is 14.3 Å². The van der Waals surface area contributed by atoms with Crippen molar-refractivity contribution in [2.75, 3.05) is 0 Å². The average Bonchev–Trinajstić information content (AvgIpc) is 2.96. The molecule has 0 aromatic heterocycles. The molecule has 4 nitrogen and oxygen atoms in total. The lowest BCUT2D eigenvalue weighted by atomic mass is 10.0. The minimum absolute atomic E-state index is 0.334. The number of carbonyl (C=O) groups is 2. The van der Waals surface area contributed by atoms with Crippen molar-refractivity contribution in [1.29, 1.82) is 0 Å². The molecule has 0 aliphatic carbocycles. The van der Waals surface area contributed by atoms with E-state index in [1.54, 1.807) is 0 Å². The van der Waals surface area contributed by atoms with Crippen molar-refractivity contribution in [3.8, 4) is 0 Å². The summed E-state index contributed by atoms with van der Waals surface area (Å²) in [5.74, 6) is -1.36. The first kappa shape index (κ1) is 39.7. The van der Waals surface area contributed by atoms with Crippen LogP contribution in [-0.4, -0.2) is 23.1 Å². The Morgan fingerprint density at radius 2 is 0.854 bits per heavy atom. The van der Waals surface area contributed by atoms with Gasteiger partial charge in [0.25, 0.3) is 0 Å². The van der Waals surface area contributed by atoms with Gasteiger partial charge in [-0.3, -0.25) is 4.79 Å². The fourth-order valence-electron chi connectivity index (χ4n) is 5.49. The number of carbonyl (C=O) groups excluding carboxylic acids is 1. The summed E-state index contributed by atoms with van der Waals surface area (Å²) in [6.45, 7) is 4.51. The number of hydrogen-bond acceptors (Lipinski definition) is 3. The van der Waals surface area contributed by atoms with Crippen LogP contribution in [0.25, 0.3) is 0 Å². The molecule has 41 heavy (non-hydrogen) atoms. The molecule has 0 aromatic rings. The number of allylic oxidation sites excluding steroid dienone is 2. The largest absolute Gasteiger partial charge is 0.479 e. The molecule has 0 radical (unpaired) electrons. The summed E-state index contributed by atoms with van der Waals surface area (Å²) in [5.41, 5.74) is 0. The number of ether oxygens (including phenoxy) is 1. The molecule has 242 valence electrons. The fraction of sp³-hybridized carbons (Fsp3) is 0.892. The Balaban J connectivity index is 3.53. The van der Waals surface area contributed by atoms with Gasteiger partial charge in [0, 0.05) is 6.42 Å². The average molecular weight is 579 g/mol. The second-order valence-corrected chi connectivity index (χ2v) is 12.4. The summed E-state index contributed by atoms with van der Waals surface area (Å²) in [4.78, 5) is 23.7. The molecule has 4 heteroatoms. The Morgan fingerprint density at radius 1 is 0.512 bits per heavy atom. The Morgan fingerprint density at radius 3 is 1.29 bits per heavy atom. The lowest BCUT2D eigenvalue weighted by Gasteiger charge is -2.13. The summed E-state index contributed by atoms with van der Waals surface area (Å²) in [5, 5.41) is 9.46. The van der Waals surface area contributed by atoms with Crippen LogP contribution in [0.3, 0.4) is 0 Å². The van der Waals surface area contributed by atoms with E-state index in [-0.39, 0.29) is 5.97 Å². The molecule has 0 heterocycles. The summed E-state index contributed by atoms with van der Waals surface area (Å²) in [7, 11) is 0. The Hall–Kier alpha value is -1.32. The van der Waals surface area contributed by atoms with E-state index in [1.807, 2.05) is 0 Å². The van der Waals surface area contributed by atoms with Gasteiger partial charge in [0.2, 0.25) is 0 Å². The van der Waals surface area contributed by atoms with E-state index >= 15 is 0 Å². The predicted molar refractivity (Wildman–Crippen MR) is 177 cm³/mol. The quantitative estimate of drug-likeness (QED) is 0.0478. The molecule has 0 fully saturated rings. The second-order valence-electron chi connectivity index (χ2n) is 12.4. The van der Waals surface area contributed by atoms with Gasteiger partial charge in [-0.15, -0.1) is 0 Å². The fourth-order valence-corrected chi connectivity index (χ4v) is 5.49. The second kappa shape index (κ2) is 33.2. The molecular weight excluding hydrogens is 508 g/mol. The highest BCUT2D eigenvalue weighted by Crippen LogP contribution is 2.16. The van der Waals surface area contributed by atoms with Gasteiger partial charge >= 0.3 is 11.9 Å². The lowest BCUT2D eigenvalue weighted by molar-refractivity contribution is -0.164. The van der Waals surface area contributed by atoms with E-state index in [4.69, 9.17) is 4.74 Å². The molecule has 0 rings (SSSR count). The van der Waals surface area contributed by atoms with Gasteiger partial charge in [0.1, 0.15) is 0 Å². The molecule has 0 aliphatic rings. The van der Waals surface area contributed by atoms with E-state index in [2.05, 4.69) is 26.0 Å². The summed E-state index contributed by atoms with van der Waals surface area (Å²) in [6, 6.07) is 0. The topological polar surface area (TPSA) is 63.6 Å². The number of rotatable bonds is 33. The maximum atomic E-state index is 12.1. The van der Waals surface area contributed by atoms with Crippen LogP contribution in [0, 0.1) is 0 Å². The Labute approximate surface area is 255 Å². The highest BCUT2D eigenvalue weighted by atomic mass is 16.6. The monoisotopic (exact) mass is 579 g/mol. The third-order valence-electron chi connectivity index (χ3n) is 8.26. The first-order valence-corrected chi connectivity index (χ1v) is 18.2. The van der Waals surface area contributed by atoms with Crippen molar-refractivity contribution in [2.24, 2.45) is 0 Å². The van der Waals surface area contributed by atoms with Crippen LogP contribution < -0.4 is 0 Å². The molecule has 1 N–H and O–H groups in total. The molecule has 1 atom stereocenters. The number of carboxylic acid groups (broad SMARTS) is 1. The van der Waals surface area contributed by atoms with Crippen LogP contribution in [0.5, 0.6) is 0 Å². The molecule has 0 amide bonds. The van der Waals surface area contributed by atoms with Gasteiger partial charge in [-0.05, 0) is 44.9 Å². The predicted octanol–water partition coefficient (Wildman–Crippen LogP) is 12.3. The van der Waals surface area contributed by atoms with Crippen molar-refractivity contribution in [3.05, 3.63) is 12.2 Å². The van der Waals surface area contributed by atoms with Crippen LogP contribution in [0.4, 0.5) is 0 Å². The molecular formula is C37H70O4. The number of carboxylic acids is 1. The van der Waals surface area contributed by atoms with Gasteiger partial charge < -0.3 is 9.84 Å². The zero-order valence-electron chi connectivity index (χ0n) is 27.6. The zero-order chi connectivity index (χ0) is 30.1. The van der Waals surface area contributed by atoms with Gasteiger partial charge in [-0.2, -0.15) is 0 Å². The summed E-state index contributed by atoms with van der Waals surface area (Å²) < 4.78 is 5.30. The van der Waals surface area contributed by atoms with Crippen LogP contribution in [0.2, 0.25) is 0 Å². The summed E-state index contributed by atoms with van der Waals surface area (Å²) in [6.07, 6.45) is 39.6. The van der Waals surface area contributed by atoms with Crippen LogP contribution in [0.1, 0.15) is 206 Å². The third-order valence-corrected chi connectivity index (χ3v) is 8.26. The molecule has 0 bridgehead atoms. The molecule has 0 saturated carbocycles. The Kier molecular flexibility index (Phi) is 32.1. The normalized spacial score (nSPS) is 12.2. The van der Waals surface area contributed by atoms with Crippen LogP contribution >= 0.6 is 0 Å². The number of hydrogen-bond donors (Lipinski definition) is 1. The molecule has 0 spiro atoms. The van der Waals surface area contributed by atoms with E-state index in [0.717, 1.165) is 44.9 Å². The highest BCUT2D eigenvalue weighted by molar-refractivity contribution is 5.77. The lowest BCUT2D eigenvalue weighted by Crippen LogP contribution is -2.27. The first-order valence-electron chi connectivity index (χ1n) is 18.2. The molecule has 0 aliphatic heterocycles. The molecule has 1 unspecified atom stereocenters. The highest BCUT2D eigenvalue weighted by Gasteiger charge is 2.21.